The van der Waals surface area contributed by atoms with Crippen molar-refractivity contribution in [2.45, 2.75) is 25.9 Å². The maximum absolute atomic E-state index is 10.7. The molecule has 1 aromatic rings. The first-order valence-electron chi connectivity index (χ1n) is 7.95. The van der Waals surface area contributed by atoms with E-state index in [2.05, 4.69) is 9.80 Å². The highest BCUT2D eigenvalue weighted by atomic mass is 16.4. The van der Waals surface area contributed by atoms with E-state index in [9.17, 15) is 9.90 Å². The Kier molecular flexibility index (Phi) is 6.36. The van der Waals surface area contributed by atoms with E-state index < -0.39 is 5.97 Å². The molecule has 122 valence electrons. The first-order chi connectivity index (χ1) is 10.5. The van der Waals surface area contributed by atoms with Crippen molar-refractivity contribution in [3.63, 3.8) is 0 Å². The van der Waals surface area contributed by atoms with Crippen molar-refractivity contribution in [1.29, 1.82) is 0 Å². The lowest BCUT2D eigenvalue weighted by atomic mass is 10.1. The monoisotopic (exact) mass is 306 g/mol. The zero-order valence-electron chi connectivity index (χ0n) is 13.2. The molecular weight excluding hydrogens is 280 g/mol. The third-order valence-corrected chi connectivity index (χ3v) is 4.08. The van der Waals surface area contributed by atoms with Gasteiger partial charge in [-0.15, -0.1) is 0 Å². The second-order valence-electron chi connectivity index (χ2n) is 6.13. The Morgan fingerprint density at radius 2 is 1.64 bits per heavy atom. The zero-order chi connectivity index (χ0) is 15.9. The van der Waals surface area contributed by atoms with Crippen LogP contribution in [-0.2, 0) is 17.6 Å². The molecule has 1 aromatic carbocycles. The Morgan fingerprint density at radius 1 is 1.09 bits per heavy atom. The molecule has 0 radical (unpaired) electrons. The number of β-amino-alcohol motifs (C(OH)–C–C–N with tert-alkyl or cyclic N) is 1. The van der Waals surface area contributed by atoms with Gasteiger partial charge in [-0.3, -0.25) is 9.69 Å². The van der Waals surface area contributed by atoms with Gasteiger partial charge in [-0.25, -0.2) is 0 Å². The molecule has 0 bridgehead atoms. The SMILES string of the molecule is CC(O)CN1CCN(CCc2ccc(CC(=O)O)cc2)CC1. The van der Waals surface area contributed by atoms with Crippen LogP contribution in [0.3, 0.4) is 0 Å². The Hall–Kier alpha value is -1.43. The quantitative estimate of drug-likeness (QED) is 0.782. The number of hydrogen-bond acceptors (Lipinski definition) is 4. The molecule has 0 spiro atoms. The summed E-state index contributed by atoms with van der Waals surface area (Å²) in [5, 5.41) is 18.2. The molecule has 1 atom stereocenters. The zero-order valence-corrected chi connectivity index (χ0v) is 13.2. The van der Waals surface area contributed by atoms with E-state index in [1.165, 1.54) is 5.56 Å². The van der Waals surface area contributed by atoms with E-state index in [0.717, 1.165) is 51.3 Å². The lowest BCUT2D eigenvalue weighted by Gasteiger charge is -2.35. The van der Waals surface area contributed by atoms with Crippen LogP contribution in [0.15, 0.2) is 24.3 Å². The van der Waals surface area contributed by atoms with E-state index in [4.69, 9.17) is 5.11 Å². The second-order valence-corrected chi connectivity index (χ2v) is 6.13. The van der Waals surface area contributed by atoms with Crippen LogP contribution in [0.4, 0.5) is 0 Å². The average Bonchev–Trinajstić information content (AvgIpc) is 2.47. The van der Waals surface area contributed by atoms with Gasteiger partial charge in [0.05, 0.1) is 12.5 Å². The second kappa shape index (κ2) is 8.27. The molecule has 2 N–H and O–H groups in total. The number of aliphatic carboxylic acids is 1. The van der Waals surface area contributed by atoms with Crippen molar-refractivity contribution in [3.05, 3.63) is 35.4 Å². The van der Waals surface area contributed by atoms with Crippen molar-refractivity contribution < 1.29 is 15.0 Å². The summed E-state index contributed by atoms with van der Waals surface area (Å²) < 4.78 is 0. The number of aliphatic hydroxyl groups excluding tert-OH is 1. The average molecular weight is 306 g/mol. The highest BCUT2D eigenvalue weighted by Crippen LogP contribution is 2.08. The molecule has 0 saturated carbocycles. The third kappa shape index (κ3) is 5.75. The molecule has 1 heterocycles. The number of nitrogens with zero attached hydrogens (tertiary/aromatic N) is 2. The van der Waals surface area contributed by atoms with E-state index >= 15 is 0 Å². The Labute approximate surface area is 132 Å². The first-order valence-corrected chi connectivity index (χ1v) is 7.95. The number of carbonyl (C=O) groups is 1. The van der Waals surface area contributed by atoms with Gasteiger partial charge in [-0.2, -0.15) is 0 Å². The Morgan fingerprint density at radius 3 is 2.18 bits per heavy atom. The van der Waals surface area contributed by atoms with Gasteiger partial charge in [0.15, 0.2) is 0 Å². The number of hydrogen-bond donors (Lipinski definition) is 2. The summed E-state index contributed by atoms with van der Waals surface area (Å²) in [6.07, 6.45) is 0.825. The minimum absolute atomic E-state index is 0.0888. The predicted molar refractivity (Wildman–Crippen MR) is 86.0 cm³/mol. The fraction of sp³-hybridized carbons (Fsp3) is 0.588. The Balaban J connectivity index is 1.71. The van der Waals surface area contributed by atoms with Gasteiger partial charge in [0.2, 0.25) is 0 Å². The van der Waals surface area contributed by atoms with Crippen LogP contribution >= 0.6 is 0 Å². The van der Waals surface area contributed by atoms with Gasteiger partial charge in [0.1, 0.15) is 0 Å². The molecule has 0 amide bonds. The van der Waals surface area contributed by atoms with E-state index in [1.807, 2.05) is 31.2 Å². The van der Waals surface area contributed by atoms with Crippen LogP contribution in [-0.4, -0.2) is 71.4 Å². The summed E-state index contributed by atoms with van der Waals surface area (Å²) in [6, 6.07) is 7.87. The number of aliphatic hydroxyl groups is 1. The standard InChI is InChI=1S/C17H26N2O3/c1-14(20)13-19-10-8-18(9-11-19)7-6-15-2-4-16(5-3-15)12-17(21)22/h2-5,14,20H,6-13H2,1H3,(H,21,22). The number of carboxylic acid groups (broad SMARTS) is 1. The summed E-state index contributed by atoms with van der Waals surface area (Å²) in [5.74, 6) is -0.789. The lowest BCUT2D eigenvalue weighted by molar-refractivity contribution is -0.136. The number of piperazine rings is 1. The smallest absolute Gasteiger partial charge is 0.307 e. The van der Waals surface area contributed by atoms with Crippen LogP contribution < -0.4 is 0 Å². The van der Waals surface area contributed by atoms with Crippen molar-refractivity contribution in [2.24, 2.45) is 0 Å². The molecule has 5 nitrogen and oxygen atoms in total. The molecule has 1 unspecified atom stereocenters. The van der Waals surface area contributed by atoms with Crippen molar-refractivity contribution >= 4 is 5.97 Å². The fourth-order valence-electron chi connectivity index (χ4n) is 2.85. The highest BCUT2D eigenvalue weighted by molar-refractivity contribution is 5.70. The van der Waals surface area contributed by atoms with Crippen LogP contribution in [0.2, 0.25) is 0 Å². The van der Waals surface area contributed by atoms with Gasteiger partial charge in [0.25, 0.3) is 0 Å². The van der Waals surface area contributed by atoms with Crippen LogP contribution in [0.5, 0.6) is 0 Å². The van der Waals surface area contributed by atoms with Crippen LogP contribution in [0.1, 0.15) is 18.1 Å². The molecule has 1 fully saturated rings. The summed E-state index contributed by atoms with van der Waals surface area (Å²) in [5.41, 5.74) is 2.10. The highest BCUT2D eigenvalue weighted by Gasteiger charge is 2.17. The van der Waals surface area contributed by atoms with Gasteiger partial charge in [0, 0.05) is 39.3 Å². The van der Waals surface area contributed by atoms with Crippen LogP contribution in [0.25, 0.3) is 0 Å². The first kappa shape index (κ1) is 16.9. The van der Waals surface area contributed by atoms with Gasteiger partial charge >= 0.3 is 5.97 Å². The summed E-state index contributed by atoms with van der Waals surface area (Å²) in [6.45, 7) is 7.75. The molecule has 0 aromatic heterocycles. The molecular formula is C17H26N2O3. The molecule has 5 heteroatoms. The molecule has 0 aliphatic carbocycles. The topological polar surface area (TPSA) is 64.0 Å². The van der Waals surface area contributed by atoms with E-state index in [-0.39, 0.29) is 12.5 Å². The number of carboxylic acids is 1. The van der Waals surface area contributed by atoms with Crippen molar-refractivity contribution in [3.8, 4) is 0 Å². The van der Waals surface area contributed by atoms with Crippen LogP contribution in [0, 0.1) is 0 Å². The van der Waals surface area contributed by atoms with Gasteiger partial charge < -0.3 is 15.1 Å². The third-order valence-electron chi connectivity index (χ3n) is 4.08. The molecule has 1 aliphatic heterocycles. The van der Waals surface area contributed by atoms with E-state index in [1.54, 1.807) is 0 Å². The van der Waals surface area contributed by atoms with E-state index in [0.29, 0.717) is 0 Å². The largest absolute Gasteiger partial charge is 0.481 e. The normalized spacial score (nSPS) is 18.3. The summed E-state index contributed by atoms with van der Waals surface area (Å²) in [4.78, 5) is 15.4. The number of rotatable bonds is 7. The fourth-order valence-corrected chi connectivity index (χ4v) is 2.85. The molecule has 2 rings (SSSR count). The maximum atomic E-state index is 10.7. The predicted octanol–water partition coefficient (Wildman–Crippen LogP) is 0.855. The lowest BCUT2D eigenvalue weighted by Crippen LogP contribution is -2.48. The molecule has 22 heavy (non-hydrogen) atoms. The minimum atomic E-state index is -0.789. The van der Waals surface area contributed by atoms with Gasteiger partial charge in [-0.1, -0.05) is 24.3 Å². The maximum Gasteiger partial charge on any atom is 0.307 e. The summed E-state index contributed by atoms with van der Waals surface area (Å²) in [7, 11) is 0. The van der Waals surface area contributed by atoms with Gasteiger partial charge in [-0.05, 0) is 24.5 Å². The van der Waals surface area contributed by atoms with Crippen molar-refractivity contribution in [1.82, 2.24) is 9.80 Å². The Bertz CT molecular complexity index is 465. The number of benzene rings is 1. The minimum Gasteiger partial charge on any atom is -0.481 e. The summed E-state index contributed by atoms with van der Waals surface area (Å²) >= 11 is 0. The molecule has 1 aliphatic rings. The van der Waals surface area contributed by atoms with Crippen molar-refractivity contribution in [2.75, 3.05) is 39.3 Å². The molecule has 1 saturated heterocycles.